The van der Waals surface area contributed by atoms with Crippen molar-refractivity contribution < 1.29 is 24.2 Å². The third-order valence-corrected chi connectivity index (χ3v) is 1.24. The molecule has 0 bridgehead atoms. The van der Waals surface area contributed by atoms with Crippen LogP contribution < -0.4 is 0 Å². The highest BCUT2D eigenvalue weighted by molar-refractivity contribution is 5.87. The molecule has 5 nitrogen and oxygen atoms in total. The molecular weight excluding hydrogens is 188 g/mol. The van der Waals surface area contributed by atoms with Crippen LogP contribution in [0, 0.1) is 0 Å². The van der Waals surface area contributed by atoms with Gasteiger partial charge in [-0.1, -0.05) is 6.58 Å². The first-order valence-electron chi connectivity index (χ1n) is 3.89. The van der Waals surface area contributed by atoms with Gasteiger partial charge in [-0.3, -0.25) is 0 Å². The van der Waals surface area contributed by atoms with Crippen LogP contribution in [0.3, 0.4) is 0 Å². The van der Waals surface area contributed by atoms with E-state index in [0.29, 0.717) is 6.26 Å². The van der Waals surface area contributed by atoms with Crippen LogP contribution in [-0.2, 0) is 19.1 Å². The quantitative estimate of drug-likeness (QED) is 0.306. The second kappa shape index (κ2) is 6.71. The average Bonchev–Trinajstić information content (AvgIpc) is 2.22. The minimum Gasteiger partial charge on any atom is -0.515 e. The van der Waals surface area contributed by atoms with Gasteiger partial charge in [0.15, 0.2) is 0 Å². The molecule has 0 rings (SSSR count). The maximum atomic E-state index is 10.9. The fourth-order valence-electron chi connectivity index (χ4n) is 0.502. The molecule has 0 fully saturated rings. The van der Waals surface area contributed by atoms with E-state index >= 15 is 0 Å². The Bertz CT molecular complexity index is 254. The zero-order chi connectivity index (χ0) is 11.0. The molecule has 0 aromatic heterocycles. The highest BCUT2D eigenvalue weighted by Crippen LogP contribution is 1.94. The van der Waals surface area contributed by atoms with Gasteiger partial charge in [-0.15, -0.1) is 0 Å². The van der Waals surface area contributed by atoms with Gasteiger partial charge in [0, 0.05) is 6.08 Å². The summed E-state index contributed by atoms with van der Waals surface area (Å²) in [7, 11) is 0. The fourth-order valence-corrected chi connectivity index (χ4v) is 0.502. The molecule has 0 aliphatic carbocycles. The van der Waals surface area contributed by atoms with Crippen molar-refractivity contribution in [1.82, 2.24) is 0 Å². The predicted octanol–water partition coefficient (Wildman–Crippen LogP) is 0.721. The molecule has 0 amide bonds. The number of hydrogen-bond acceptors (Lipinski definition) is 5. The highest BCUT2D eigenvalue weighted by Gasteiger charge is 2.05. The second-order valence-corrected chi connectivity index (χ2v) is 2.32. The van der Waals surface area contributed by atoms with E-state index in [1.54, 1.807) is 0 Å². The van der Waals surface area contributed by atoms with E-state index in [-0.39, 0.29) is 18.8 Å². The van der Waals surface area contributed by atoms with Crippen molar-refractivity contribution in [3.63, 3.8) is 0 Å². The van der Waals surface area contributed by atoms with Gasteiger partial charge < -0.3 is 14.6 Å². The van der Waals surface area contributed by atoms with Crippen molar-refractivity contribution in [3.05, 3.63) is 24.5 Å². The van der Waals surface area contributed by atoms with Gasteiger partial charge in [-0.25, -0.2) is 9.59 Å². The summed E-state index contributed by atoms with van der Waals surface area (Å²) in [5.74, 6) is -1.22. The molecule has 0 aliphatic heterocycles. The standard InChI is InChI=1S/C9H12O5/c1-3-8(11)13-4-5-14-9(12)7(2)6-10/h3,6,10H,1,4-5H2,2H3. The molecule has 0 radical (unpaired) electrons. The Balaban J connectivity index is 3.60. The lowest BCUT2D eigenvalue weighted by molar-refractivity contribution is -0.146. The summed E-state index contributed by atoms with van der Waals surface area (Å²) >= 11 is 0. The molecule has 0 aromatic rings. The van der Waals surface area contributed by atoms with Gasteiger partial charge in [-0.2, -0.15) is 0 Å². The molecule has 0 saturated heterocycles. The molecule has 14 heavy (non-hydrogen) atoms. The van der Waals surface area contributed by atoms with Gasteiger partial charge in [0.2, 0.25) is 0 Å². The van der Waals surface area contributed by atoms with Crippen LogP contribution in [-0.4, -0.2) is 30.3 Å². The third kappa shape index (κ3) is 4.97. The van der Waals surface area contributed by atoms with Crippen molar-refractivity contribution in [2.45, 2.75) is 6.92 Å². The van der Waals surface area contributed by atoms with Crippen LogP contribution in [0.2, 0.25) is 0 Å². The number of esters is 2. The Kier molecular flexibility index (Phi) is 5.85. The Morgan fingerprint density at radius 2 is 1.93 bits per heavy atom. The molecule has 0 unspecified atom stereocenters. The Morgan fingerprint density at radius 3 is 2.43 bits per heavy atom. The molecule has 0 aromatic carbocycles. The maximum absolute atomic E-state index is 10.9. The molecule has 78 valence electrons. The van der Waals surface area contributed by atoms with E-state index < -0.39 is 11.9 Å². The molecule has 5 heteroatoms. The van der Waals surface area contributed by atoms with Crippen molar-refractivity contribution in [2.75, 3.05) is 13.2 Å². The van der Waals surface area contributed by atoms with Crippen LogP contribution in [0.1, 0.15) is 6.92 Å². The zero-order valence-electron chi connectivity index (χ0n) is 7.86. The molecule has 0 saturated carbocycles. The van der Waals surface area contributed by atoms with Crippen LogP contribution in [0.5, 0.6) is 0 Å². The summed E-state index contributed by atoms with van der Waals surface area (Å²) < 4.78 is 9.15. The highest BCUT2D eigenvalue weighted by atomic mass is 16.6. The molecule has 1 N–H and O–H groups in total. The minimum atomic E-state index is -0.651. The lowest BCUT2D eigenvalue weighted by Crippen LogP contribution is -2.13. The SMILES string of the molecule is C=CC(=O)OCCOC(=O)C(C)=CO. The van der Waals surface area contributed by atoms with Gasteiger partial charge in [0.1, 0.15) is 13.2 Å². The minimum absolute atomic E-state index is 0.0324. The number of carbonyl (C=O) groups is 2. The van der Waals surface area contributed by atoms with Crippen molar-refractivity contribution in [3.8, 4) is 0 Å². The Morgan fingerprint density at radius 1 is 1.36 bits per heavy atom. The van der Waals surface area contributed by atoms with Crippen LogP contribution >= 0.6 is 0 Å². The van der Waals surface area contributed by atoms with Crippen molar-refractivity contribution >= 4 is 11.9 Å². The lowest BCUT2D eigenvalue weighted by Gasteiger charge is -2.04. The monoisotopic (exact) mass is 200 g/mol. The Hall–Kier alpha value is -1.78. The molecule has 0 atom stereocenters. The summed E-state index contributed by atoms with van der Waals surface area (Å²) in [6.45, 7) is 4.51. The number of rotatable bonds is 5. The largest absolute Gasteiger partial charge is 0.515 e. The van der Waals surface area contributed by atoms with E-state index in [4.69, 9.17) is 5.11 Å². The number of carbonyl (C=O) groups excluding carboxylic acids is 2. The van der Waals surface area contributed by atoms with E-state index in [1.165, 1.54) is 6.92 Å². The van der Waals surface area contributed by atoms with Crippen LogP contribution in [0.15, 0.2) is 24.5 Å². The molecule has 0 heterocycles. The van der Waals surface area contributed by atoms with E-state index in [2.05, 4.69) is 16.1 Å². The molecular formula is C9H12O5. The first-order valence-corrected chi connectivity index (χ1v) is 3.89. The topological polar surface area (TPSA) is 72.8 Å². The van der Waals surface area contributed by atoms with E-state index in [1.807, 2.05) is 0 Å². The van der Waals surface area contributed by atoms with Crippen LogP contribution in [0.25, 0.3) is 0 Å². The van der Waals surface area contributed by atoms with Crippen LogP contribution in [0.4, 0.5) is 0 Å². The fraction of sp³-hybridized carbons (Fsp3) is 0.333. The number of aliphatic hydroxyl groups excluding tert-OH is 1. The zero-order valence-corrected chi connectivity index (χ0v) is 7.86. The smallest absolute Gasteiger partial charge is 0.336 e. The summed E-state index contributed by atoms with van der Waals surface area (Å²) in [4.78, 5) is 21.4. The molecule has 0 aliphatic rings. The van der Waals surface area contributed by atoms with Gasteiger partial charge >= 0.3 is 11.9 Å². The Labute approximate surface area is 81.6 Å². The number of aliphatic hydroxyl groups is 1. The number of ether oxygens (including phenoxy) is 2. The average molecular weight is 200 g/mol. The number of hydrogen-bond donors (Lipinski definition) is 1. The summed E-state index contributed by atoms with van der Waals surface area (Å²) in [6, 6.07) is 0. The molecule has 0 spiro atoms. The van der Waals surface area contributed by atoms with Crippen molar-refractivity contribution in [1.29, 1.82) is 0 Å². The lowest BCUT2D eigenvalue weighted by atomic mass is 10.3. The predicted molar refractivity (Wildman–Crippen MR) is 48.5 cm³/mol. The van der Waals surface area contributed by atoms with E-state index in [9.17, 15) is 9.59 Å². The van der Waals surface area contributed by atoms with E-state index in [0.717, 1.165) is 6.08 Å². The van der Waals surface area contributed by atoms with Crippen molar-refractivity contribution in [2.24, 2.45) is 0 Å². The third-order valence-electron chi connectivity index (χ3n) is 1.24. The van der Waals surface area contributed by atoms with Gasteiger partial charge in [0.05, 0.1) is 11.8 Å². The summed E-state index contributed by atoms with van der Waals surface area (Å²) in [5.41, 5.74) is 0.0834. The summed E-state index contributed by atoms with van der Waals surface area (Å²) in [5, 5.41) is 8.43. The maximum Gasteiger partial charge on any atom is 0.336 e. The second-order valence-electron chi connectivity index (χ2n) is 2.32. The summed E-state index contributed by atoms with van der Waals surface area (Å²) in [6.07, 6.45) is 1.67. The normalized spacial score (nSPS) is 10.5. The first kappa shape index (κ1) is 12.2. The van der Waals surface area contributed by atoms with Gasteiger partial charge in [-0.05, 0) is 6.92 Å². The first-order chi connectivity index (χ1) is 6.61. The van der Waals surface area contributed by atoms with Gasteiger partial charge in [0.25, 0.3) is 0 Å².